The van der Waals surface area contributed by atoms with Crippen molar-refractivity contribution in [3.63, 3.8) is 0 Å². The van der Waals surface area contributed by atoms with Crippen molar-refractivity contribution in [2.24, 2.45) is 5.92 Å². The molecule has 2 atom stereocenters. The van der Waals surface area contributed by atoms with Gasteiger partial charge in [-0.15, -0.1) is 0 Å². The average Bonchev–Trinajstić information content (AvgIpc) is 3.68. The Morgan fingerprint density at radius 1 is 0.833 bits per heavy atom. The molecule has 2 fully saturated rings. The maximum Gasteiger partial charge on any atom is 0.328 e. The molecule has 2 saturated heterocycles. The molecule has 0 radical (unpaired) electrons. The van der Waals surface area contributed by atoms with Crippen LogP contribution in [0.15, 0.2) is 91.3 Å². The van der Waals surface area contributed by atoms with Crippen LogP contribution in [0.4, 0.5) is 0 Å². The smallest absolute Gasteiger partial charge is 0.328 e. The van der Waals surface area contributed by atoms with E-state index >= 15 is 0 Å². The number of hydrogen-bond donors (Lipinski definition) is 0. The van der Waals surface area contributed by atoms with Crippen LogP contribution in [-0.4, -0.2) is 59.6 Å². The fraction of sp³-hybridized carbons (Fsp3) is 0.380. The molecule has 0 saturated carbocycles. The van der Waals surface area contributed by atoms with Crippen molar-refractivity contribution in [2.45, 2.75) is 85.6 Å². The Balaban J connectivity index is 1.08. The van der Waals surface area contributed by atoms with Gasteiger partial charge in [-0.25, -0.2) is 4.79 Å². The van der Waals surface area contributed by atoms with E-state index in [2.05, 4.69) is 78.0 Å². The number of piperidine rings is 1. The van der Waals surface area contributed by atoms with Crippen LogP contribution in [0.1, 0.15) is 78.0 Å². The topological polar surface area (TPSA) is 97.2 Å². The van der Waals surface area contributed by atoms with Crippen LogP contribution in [0.25, 0.3) is 11.1 Å². The summed E-state index contributed by atoms with van der Waals surface area (Å²) in [5.41, 5.74) is 8.63. The Hall–Kier alpha value is -5.40. The van der Waals surface area contributed by atoms with Gasteiger partial charge in [0.25, 0.3) is 0 Å². The van der Waals surface area contributed by atoms with Crippen molar-refractivity contribution in [1.82, 2.24) is 14.8 Å². The van der Waals surface area contributed by atoms with Gasteiger partial charge >= 0.3 is 5.97 Å². The zero-order chi connectivity index (χ0) is 42.0. The first-order valence-corrected chi connectivity index (χ1v) is 21.5. The SMILES string of the molecule is Cc1ccc(OC(=O)[C@@H]2CCCCN2Cc2cc(Cl)c(OCc3cccc(-c4cccc(OCCCN5CC[C@@H](C)C5)c4C)c3C)cc2OCc2cncc(C#N)c2)cc1. The van der Waals surface area contributed by atoms with Crippen molar-refractivity contribution in [1.29, 1.82) is 5.26 Å². The number of carbonyl (C=O) groups excluding carboxylic acids is 1. The summed E-state index contributed by atoms with van der Waals surface area (Å²) in [6.45, 7) is 14.3. The molecule has 2 aliphatic heterocycles. The van der Waals surface area contributed by atoms with Crippen LogP contribution in [0.2, 0.25) is 5.02 Å². The monoisotopic (exact) mass is 826 g/mol. The molecule has 0 spiro atoms. The Labute approximate surface area is 359 Å². The molecule has 0 bridgehead atoms. The van der Waals surface area contributed by atoms with Gasteiger partial charge in [-0.05, 0) is 124 Å². The highest BCUT2D eigenvalue weighted by Gasteiger charge is 2.31. The van der Waals surface area contributed by atoms with Crippen LogP contribution in [-0.2, 0) is 24.6 Å². The molecule has 0 amide bonds. The molecule has 0 unspecified atom stereocenters. The molecule has 7 rings (SSSR count). The standard InChI is InChI=1S/C50H55ClN4O5/c1-34-15-17-42(18-16-34)60-50(56)46-13-5-6-21-55(46)31-41-25-45(51)49(26-48(41)58-32-39-24-38(27-52)28-53-29-39)59-33-40-10-7-11-43(36(40)3)44-12-8-14-47(37(44)4)57-23-9-20-54-22-19-35(2)30-54/h7-8,10-12,14-18,24-26,28-29,35,46H,5-6,9,13,19-23,30-33H2,1-4H3/t35-,46+/m1/s1. The number of nitrogens with zero attached hydrogens (tertiary/aromatic N) is 4. The number of ether oxygens (including phenoxy) is 4. The van der Waals surface area contributed by atoms with E-state index in [0.717, 1.165) is 88.5 Å². The maximum absolute atomic E-state index is 13.5. The number of benzene rings is 4. The van der Waals surface area contributed by atoms with E-state index in [0.29, 0.717) is 47.4 Å². The fourth-order valence-corrected chi connectivity index (χ4v) is 8.48. The summed E-state index contributed by atoms with van der Waals surface area (Å²) in [5, 5.41) is 9.90. The second-order valence-electron chi connectivity index (χ2n) is 16.3. The van der Waals surface area contributed by atoms with Gasteiger partial charge in [-0.1, -0.05) is 73.0 Å². The summed E-state index contributed by atoms with van der Waals surface area (Å²) >= 11 is 7.01. The normalized spacial score (nSPS) is 16.9. The average molecular weight is 827 g/mol. The van der Waals surface area contributed by atoms with Gasteiger partial charge in [0.05, 0.1) is 17.2 Å². The van der Waals surface area contributed by atoms with Crippen molar-refractivity contribution < 1.29 is 23.7 Å². The minimum absolute atomic E-state index is 0.177. The first-order valence-electron chi connectivity index (χ1n) is 21.1. The number of nitriles is 1. The number of likely N-dealkylation sites (tertiary alicyclic amines) is 2. The van der Waals surface area contributed by atoms with Crippen LogP contribution < -0.4 is 18.9 Å². The molecule has 2 aliphatic rings. The highest BCUT2D eigenvalue weighted by atomic mass is 35.5. The molecule has 0 aliphatic carbocycles. The van der Waals surface area contributed by atoms with Gasteiger partial charge in [0.1, 0.15) is 48.3 Å². The maximum atomic E-state index is 13.5. The lowest BCUT2D eigenvalue weighted by molar-refractivity contribution is -0.142. The van der Waals surface area contributed by atoms with E-state index in [1.807, 2.05) is 43.3 Å². The van der Waals surface area contributed by atoms with Gasteiger partial charge in [-0.3, -0.25) is 9.88 Å². The van der Waals surface area contributed by atoms with Crippen LogP contribution in [0, 0.1) is 38.0 Å². The Morgan fingerprint density at radius 3 is 2.40 bits per heavy atom. The van der Waals surface area contributed by atoms with E-state index in [1.165, 1.54) is 25.7 Å². The van der Waals surface area contributed by atoms with E-state index in [4.69, 9.17) is 30.5 Å². The number of esters is 1. The van der Waals surface area contributed by atoms with Crippen LogP contribution in [0.5, 0.6) is 23.0 Å². The third kappa shape index (κ3) is 10.9. The zero-order valence-electron chi connectivity index (χ0n) is 35.2. The van der Waals surface area contributed by atoms with Crippen molar-refractivity contribution in [3.8, 4) is 40.2 Å². The van der Waals surface area contributed by atoms with E-state index in [9.17, 15) is 10.1 Å². The second kappa shape index (κ2) is 20.2. The third-order valence-electron chi connectivity index (χ3n) is 11.7. The summed E-state index contributed by atoms with van der Waals surface area (Å²) in [4.78, 5) is 22.4. The molecule has 4 aromatic carbocycles. The van der Waals surface area contributed by atoms with Gasteiger partial charge < -0.3 is 23.8 Å². The van der Waals surface area contributed by atoms with E-state index < -0.39 is 6.04 Å². The summed E-state index contributed by atoms with van der Waals surface area (Å²) in [5.74, 6) is 3.01. The van der Waals surface area contributed by atoms with Crippen LogP contribution in [0.3, 0.4) is 0 Å². The molecule has 0 N–H and O–H groups in total. The van der Waals surface area contributed by atoms with Gasteiger partial charge in [0, 0.05) is 49.2 Å². The minimum atomic E-state index is -0.422. The molecule has 3 heterocycles. The number of aromatic nitrogens is 1. The first kappa shape index (κ1) is 42.7. The molecule has 5 aromatic rings. The summed E-state index contributed by atoms with van der Waals surface area (Å²) < 4.78 is 25.1. The van der Waals surface area contributed by atoms with Gasteiger partial charge in [-0.2, -0.15) is 5.26 Å². The van der Waals surface area contributed by atoms with E-state index in [1.54, 1.807) is 12.3 Å². The Kier molecular flexibility index (Phi) is 14.4. The number of hydrogen-bond acceptors (Lipinski definition) is 9. The Morgan fingerprint density at radius 2 is 1.62 bits per heavy atom. The highest BCUT2D eigenvalue weighted by molar-refractivity contribution is 6.32. The highest BCUT2D eigenvalue weighted by Crippen LogP contribution is 2.38. The lowest BCUT2D eigenvalue weighted by Gasteiger charge is -2.34. The lowest BCUT2D eigenvalue weighted by Crippen LogP contribution is -2.46. The summed E-state index contributed by atoms with van der Waals surface area (Å²) in [6, 6.07) is 27.3. The third-order valence-corrected chi connectivity index (χ3v) is 12.0. The largest absolute Gasteiger partial charge is 0.493 e. The molecule has 10 heteroatoms. The number of rotatable bonds is 16. The fourth-order valence-electron chi connectivity index (χ4n) is 8.24. The number of halogens is 1. The second-order valence-corrected chi connectivity index (χ2v) is 16.7. The molecule has 1 aromatic heterocycles. The number of aryl methyl sites for hydroxylation is 1. The summed E-state index contributed by atoms with van der Waals surface area (Å²) in [7, 11) is 0. The van der Waals surface area contributed by atoms with Crippen LogP contribution >= 0.6 is 11.6 Å². The Bertz CT molecular complexity index is 2310. The first-order chi connectivity index (χ1) is 29.1. The lowest BCUT2D eigenvalue weighted by atomic mass is 9.93. The summed E-state index contributed by atoms with van der Waals surface area (Å²) in [6.07, 6.45) is 8.08. The predicted molar refractivity (Wildman–Crippen MR) is 236 cm³/mol. The quantitative estimate of drug-likeness (QED) is 0.0547. The van der Waals surface area contributed by atoms with Gasteiger partial charge in [0.15, 0.2) is 0 Å². The molecule has 312 valence electrons. The minimum Gasteiger partial charge on any atom is -0.493 e. The van der Waals surface area contributed by atoms with Gasteiger partial charge in [0.2, 0.25) is 0 Å². The van der Waals surface area contributed by atoms with Crippen molar-refractivity contribution in [3.05, 3.63) is 135 Å². The number of carbonyl (C=O) groups is 1. The molecule has 60 heavy (non-hydrogen) atoms. The molecular formula is C50H55ClN4O5. The zero-order valence-corrected chi connectivity index (χ0v) is 36.0. The van der Waals surface area contributed by atoms with E-state index in [-0.39, 0.29) is 19.2 Å². The van der Waals surface area contributed by atoms with Crippen molar-refractivity contribution in [2.75, 3.05) is 32.8 Å². The predicted octanol–water partition coefficient (Wildman–Crippen LogP) is 10.4. The molecular weight excluding hydrogens is 772 g/mol. The van der Waals surface area contributed by atoms with Crippen molar-refractivity contribution >= 4 is 17.6 Å². The number of pyridine rings is 1. The molecule has 9 nitrogen and oxygen atoms in total.